The molecule has 0 saturated carbocycles. The Hall–Kier alpha value is -1.72. The van der Waals surface area contributed by atoms with E-state index in [1.165, 1.54) is 0 Å². The SMILES string of the molecule is COC[C@@H]1Cc2ccccc2N1C(=O)[C@]1(C)OCCC1=O. The van der Waals surface area contributed by atoms with Crippen LogP contribution >= 0.6 is 0 Å². The number of amides is 1. The lowest BCUT2D eigenvalue weighted by Crippen LogP contribution is -2.54. The third-order valence-electron chi connectivity index (χ3n) is 4.31. The zero-order valence-electron chi connectivity index (χ0n) is 12.3. The van der Waals surface area contributed by atoms with E-state index >= 15 is 0 Å². The van der Waals surface area contributed by atoms with Gasteiger partial charge in [0.1, 0.15) is 0 Å². The first-order valence-electron chi connectivity index (χ1n) is 7.15. The third kappa shape index (κ3) is 2.17. The Bertz CT molecular complexity index is 585. The molecule has 2 heterocycles. The lowest BCUT2D eigenvalue weighted by atomic mass is 9.98. The van der Waals surface area contributed by atoms with Gasteiger partial charge in [0.2, 0.25) is 5.60 Å². The molecule has 0 N–H and O–H groups in total. The number of ether oxygens (including phenoxy) is 2. The van der Waals surface area contributed by atoms with Gasteiger partial charge in [0, 0.05) is 19.2 Å². The van der Waals surface area contributed by atoms with E-state index in [1.807, 2.05) is 24.3 Å². The van der Waals surface area contributed by atoms with Gasteiger partial charge in [0.25, 0.3) is 5.91 Å². The van der Waals surface area contributed by atoms with Crippen molar-refractivity contribution in [3.8, 4) is 0 Å². The van der Waals surface area contributed by atoms with E-state index in [9.17, 15) is 9.59 Å². The van der Waals surface area contributed by atoms with E-state index in [0.717, 1.165) is 17.7 Å². The number of carbonyl (C=O) groups is 2. The minimum atomic E-state index is -1.36. The van der Waals surface area contributed by atoms with Gasteiger partial charge in [-0.3, -0.25) is 9.59 Å². The summed E-state index contributed by atoms with van der Waals surface area (Å²) in [5, 5.41) is 0. The fourth-order valence-corrected chi connectivity index (χ4v) is 3.14. The van der Waals surface area contributed by atoms with Gasteiger partial charge in [-0.05, 0) is 25.0 Å². The van der Waals surface area contributed by atoms with Crippen molar-refractivity contribution < 1.29 is 19.1 Å². The Kier molecular flexibility index (Phi) is 3.55. The summed E-state index contributed by atoms with van der Waals surface area (Å²) < 4.78 is 10.7. The third-order valence-corrected chi connectivity index (χ3v) is 4.31. The first-order valence-corrected chi connectivity index (χ1v) is 7.15. The molecule has 1 aromatic carbocycles. The highest BCUT2D eigenvalue weighted by Crippen LogP contribution is 2.36. The highest BCUT2D eigenvalue weighted by Gasteiger charge is 2.51. The molecule has 21 heavy (non-hydrogen) atoms. The highest BCUT2D eigenvalue weighted by atomic mass is 16.5. The van der Waals surface area contributed by atoms with E-state index in [-0.39, 0.29) is 17.7 Å². The average molecular weight is 289 g/mol. The molecule has 2 aliphatic rings. The zero-order chi connectivity index (χ0) is 15.0. The molecule has 0 aromatic heterocycles. The molecule has 112 valence electrons. The Labute approximate surface area is 123 Å². The summed E-state index contributed by atoms with van der Waals surface area (Å²) in [6, 6.07) is 7.67. The van der Waals surface area contributed by atoms with E-state index in [1.54, 1.807) is 18.9 Å². The Balaban J connectivity index is 1.98. The van der Waals surface area contributed by atoms with Gasteiger partial charge < -0.3 is 14.4 Å². The summed E-state index contributed by atoms with van der Waals surface area (Å²) in [6.07, 6.45) is 1.03. The van der Waals surface area contributed by atoms with Gasteiger partial charge in [0.15, 0.2) is 5.78 Å². The van der Waals surface area contributed by atoms with Crippen LogP contribution in [0.25, 0.3) is 0 Å². The summed E-state index contributed by atoms with van der Waals surface area (Å²) in [6.45, 7) is 2.33. The van der Waals surface area contributed by atoms with Crippen molar-refractivity contribution in [2.75, 3.05) is 25.2 Å². The number of rotatable bonds is 3. The van der Waals surface area contributed by atoms with Gasteiger partial charge in [-0.15, -0.1) is 0 Å². The van der Waals surface area contributed by atoms with Crippen LogP contribution in [0.1, 0.15) is 18.9 Å². The predicted molar refractivity (Wildman–Crippen MR) is 77.3 cm³/mol. The maximum absolute atomic E-state index is 13.0. The summed E-state index contributed by atoms with van der Waals surface area (Å²) in [5.74, 6) is -0.426. The number of benzene rings is 1. The number of hydrogen-bond acceptors (Lipinski definition) is 4. The second-order valence-electron chi connectivity index (χ2n) is 5.67. The van der Waals surface area contributed by atoms with Gasteiger partial charge in [-0.1, -0.05) is 18.2 Å². The van der Waals surface area contributed by atoms with Crippen LogP contribution in [0.15, 0.2) is 24.3 Å². The number of Topliss-reactive ketones (excluding diaryl/α,β-unsaturated/α-hetero) is 1. The predicted octanol–water partition coefficient (Wildman–Crippen LogP) is 1.34. The summed E-state index contributed by atoms with van der Waals surface area (Å²) in [7, 11) is 1.62. The number of methoxy groups -OCH3 is 1. The lowest BCUT2D eigenvalue weighted by molar-refractivity contribution is -0.146. The van der Waals surface area contributed by atoms with Gasteiger partial charge in [-0.25, -0.2) is 0 Å². The average Bonchev–Trinajstić information content (AvgIpc) is 3.00. The molecule has 0 unspecified atom stereocenters. The number of nitrogens with zero attached hydrogens (tertiary/aromatic N) is 1. The first kappa shape index (κ1) is 14.2. The molecule has 1 fully saturated rings. The fourth-order valence-electron chi connectivity index (χ4n) is 3.14. The first-order chi connectivity index (χ1) is 10.1. The van der Waals surface area contributed by atoms with E-state index in [4.69, 9.17) is 9.47 Å². The van der Waals surface area contributed by atoms with Gasteiger partial charge >= 0.3 is 0 Å². The van der Waals surface area contributed by atoms with Crippen molar-refractivity contribution in [3.63, 3.8) is 0 Å². The Morgan fingerprint density at radius 1 is 1.48 bits per heavy atom. The second kappa shape index (κ2) is 5.24. The smallest absolute Gasteiger partial charge is 0.267 e. The largest absolute Gasteiger partial charge is 0.383 e. The van der Waals surface area contributed by atoms with Crippen LogP contribution in [-0.4, -0.2) is 43.7 Å². The summed E-state index contributed by atoms with van der Waals surface area (Å²) >= 11 is 0. The number of para-hydroxylation sites is 1. The summed E-state index contributed by atoms with van der Waals surface area (Å²) in [4.78, 5) is 26.7. The molecule has 1 saturated heterocycles. The summed E-state index contributed by atoms with van der Waals surface area (Å²) in [5.41, 5.74) is 0.597. The molecule has 0 aliphatic carbocycles. The number of ketones is 1. The molecule has 1 amide bonds. The maximum atomic E-state index is 13.0. The normalized spacial score (nSPS) is 28.0. The minimum Gasteiger partial charge on any atom is -0.383 e. The monoisotopic (exact) mass is 289 g/mol. The van der Waals surface area contributed by atoms with Crippen molar-refractivity contribution in [1.29, 1.82) is 0 Å². The number of carbonyl (C=O) groups excluding carboxylic acids is 2. The molecule has 5 heteroatoms. The number of anilines is 1. The van der Waals surface area contributed by atoms with Crippen molar-refractivity contribution in [3.05, 3.63) is 29.8 Å². The fraction of sp³-hybridized carbons (Fsp3) is 0.500. The minimum absolute atomic E-state index is 0.0891. The molecule has 3 rings (SSSR count). The molecule has 1 aromatic rings. The molecular weight excluding hydrogens is 270 g/mol. The maximum Gasteiger partial charge on any atom is 0.267 e. The van der Waals surface area contributed by atoms with Gasteiger partial charge in [-0.2, -0.15) is 0 Å². The molecule has 0 bridgehead atoms. The van der Waals surface area contributed by atoms with Crippen molar-refractivity contribution in [1.82, 2.24) is 0 Å². The molecular formula is C16H19NO4. The zero-order valence-corrected chi connectivity index (χ0v) is 12.3. The quantitative estimate of drug-likeness (QED) is 0.788. The van der Waals surface area contributed by atoms with Crippen molar-refractivity contribution in [2.45, 2.75) is 31.4 Å². The number of hydrogen-bond donors (Lipinski definition) is 0. The number of fused-ring (bicyclic) bond motifs is 1. The van der Waals surface area contributed by atoms with Crippen molar-refractivity contribution >= 4 is 17.4 Å². The van der Waals surface area contributed by atoms with E-state index in [2.05, 4.69) is 0 Å². The van der Waals surface area contributed by atoms with Crippen LogP contribution < -0.4 is 4.90 Å². The second-order valence-corrected chi connectivity index (χ2v) is 5.67. The van der Waals surface area contributed by atoms with Crippen LogP contribution in [0, 0.1) is 0 Å². The highest BCUT2D eigenvalue weighted by molar-refractivity contribution is 6.16. The molecule has 0 spiro atoms. The molecule has 0 radical (unpaired) electrons. The van der Waals surface area contributed by atoms with Crippen LogP contribution in [0.4, 0.5) is 5.69 Å². The van der Waals surface area contributed by atoms with Crippen LogP contribution in [-0.2, 0) is 25.5 Å². The Morgan fingerprint density at radius 3 is 2.90 bits per heavy atom. The van der Waals surface area contributed by atoms with Crippen LogP contribution in [0.5, 0.6) is 0 Å². The topological polar surface area (TPSA) is 55.8 Å². The molecule has 5 nitrogen and oxygen atoms in total. The molecule has 2 atom stereocenters. The van der Waals surface area contributed by atoms with E-state index in [0.29, 0.717) is 19.6 Å². The standard InChI is InChI=1S/C16H19NO4/c1-16(14(18)7-8-21-16)15(19)17-12(10-20-2)9-11-5-3-4-6-13(11)17/h3-6,12H,7-10H2,1-2H3/t12-,16+/m0/s1. The van der Waals surface area contributed by atoms with Gasteiger partial charge in [0.05, 0.1) is 19.3 Å². The Morgan fingerprint density at radius 2 is 2.24 bits per heavy atom. The van der Waals surface area contributed by atoms with Crippen molar-refractivity contribution in [2.24, 2.45) is 0 Å². The van der Waals surface area contributed by atoms with E-state index < -0.39 is 5.60 Å². The van der Waals surface area contributed by atoms with Crippen LogP contribution in [0.3, 0.4) is 0 Å². The van der Waals surface area contributed by atoms with Crippen LogP contribution in [0.2, 0.25) is 0 Å². The lowest BCUT2D eigenvalue weighted by Gasteiger charge is -2.31. The molecule has 2 aliphatic heterocycles.